The third-order valence-corrected chi connectivity index (χ3v) is 7.03. The van der Waals surface area contributed by atoms with E-state index in [0.29, 0.717) is 11.4 Å². The van der Waals surface area contributed by atoms with E-state index in [1.165, 1.54) is 16.9 Å². The van der Waals surface area contributed by atoms with E-state index in [-0.39, 0.29) is 6.10 Å². The second kappa shape index (κ2) is 9.09. The number of nitrogens with zero attached hydrogens (tertiary/aromatic N) is 5. The summed E-state index contributed by atoms with van der Waals surface area (Å²) in [5, 5.41) is 4.04. The Labute approximate surface area is 192 Å². The van der Waals surface area contributed by atoms with Crippen LogP contribution in [-0.2, 0) is 11.3 Å². The van der Waals surface area contributed by atoms with Crippen LogP contribution in [0, 0.1) is 5.41 Å². The minimum atomic E-state index is 0.198. The second-order valence-electron chi connectivity index (χ2n) is 8.93. The Morgan fingerprint density at radius 3 is 2.72 bits per heavy atom. The molecule has 1 saturated carbocycles. The van der Waals surface area contributed by atoms with Gasteiger partial charge in [0.15, 0.2) is 5.13 Å². The fourth-order valence-corrected chi connectivity index (χ4v) is 5.20. The first-order valence-electron chi connectivity index (χ1n) is 11.0. The van der Waals surface area contributed by atoms with E-state index in [1.54, 1.807) is 6.20 Å². The summed E-state index contributed by atoms with van der Waals surface area (Å²) in [4.78, 5) is 21.0. The maximum Gasteiger partial charge on any atom is 0.317 e. The van der Waals surface area contributed by atoms with Crippen molar-refractivity contribution in [3.05, 3.63) is 42.4 Å². The van der Waals surface area contributed by atoms with Crippen LogP contribution in [0.5, 0.6) is 6.01 Å². The molecule has 1 saturated heterocycles. The van der Waals surface area contributed by atoms with Gasteiger partial charge >= 0.3 is 6.01 Å². The Balaban J connectivity index is 1.20. The van der Waals surface area contributed by atoms with Gasteiger partial charge < -0.3 is 19.7 Å². The van der Waals surface area contributed by atoms with E-state index in [9.17, 15) is 0 Å². The van der Waals surface area contributed by atoms with E-state index in [4.69, 9.17) is 9.47 Å². The summed E-state index contributed by atoms with van der Waals surface area (Å²) in [5.74, 6) is 0.771. The highest BCUT2D eigenvalue weighted by molar-refractivity contribution is 7.18. The third-order valence-electron chi connectivity index (χ3n) is 6.10. The molecule has 5 rings (SSSR count). The first-order valence-corrected chi connectivity index (χ1v) is 11.8. The summed E-state index contributed by atoms with van der Waals surface area (Å²) in [6.07, 6.45) is 10.1. The Kier molecular flexibility index (Phi) is 6.03. The van der Waals surface area contributed by atoms with Gasteiger partial charge in [-0.3, -0.25) is 0 Å². The first kappa shape index (κ1) is 21.2. The molecule has 168 valence electrons. The lowest BCUT2D eigenvalue weighted by Crippen LogP contribution is -2.47. The molecule has 0 atom stereocenters. The summed E-state index contributed by atoms with van der Waals surface area (Å²) in [6.45, 7) is 2.61. The maximum absolute atomic E-state index is 6.07. The van der Waals surface area contributed by atoms with Crippen molar-refractivity contribution in [2.75, 3.05) is 32.6 Å². The molecule has 9 heteroatoms. The van der Waals surface area contributed by atoms with Crippen molar-refractivity contribution in [2.24, 2.45) is 5.41 Å². The lowest BCUT2D eigenvalue weighted by Gasteiger charge is -2.49. The highest BCUT2D eigenvalue weighted by atomic mass is 32.1. The average Bonchev–Trinajstić information content (AvgIpc) is 3.23. The molecule has 2 aliphatic rings. The molecule has 1 N–H and O–H groups in total. The number of hydrogen-bond donors (Lipinski definition) is 1. The summed E-state index contributed by atoms with van der Waals surface area (Å²) in [5.41, 5.74) is 2.40. The predicted molar refractivity (Wildman–Crippen MR) is 124 cm³/mol. The number of thiazole rings is 1. The Morgan fingerprint density at radius 1 is 1.12 bits per heavy atom. The quantitative estimate of drug-likeness (QED) is 0.573. The molecule has 1 aliphatic carbocycles. The van der Waals surface area contributed by atoms with Gasteiger partial charge in [0.05, 0.1) is 10.6 Å². The average molecular weight is 453 g/mol. The van der Waals surface area contributed by atoms with Gasteiger partial charge in [-0.25, -0.2) is 15.0 Å². The van der Waals surface area contributed by atoms with E-state index >= 15 is 0 Å². The Bertz CT molecular complexity index is 1040. The van der Waals surface area contributed by atoms with Crippen molar-refractivity contribution >= 4 is 22.3 Å². The molecule has 8 nitrogen and oxygen atoms in total. The highest BCUT2D eigenvalue weighted by Gasteiger charge is 2.46. The third kappa shape index (κ3) is 4.90. The van der Waals surface area contributed by atoms with Crippen LogP contribution in [0.3, 0.4) is 0 Å². The van der Waals surface area contributed by atoms with Gasteiger partial charge in [0.2, 0.25) is 0 Å². The summed E-state index contributed by atoms with van der Waals surface area (Å²) < 4.78 is 11.6. The number of ether oxygens (including phenoxy) is 2. The fourth-order valence-electron chi connectivity index (χ4n) is 4.40. The zero-order valence-electron chi connectivity index (χ0n) is 18.5. The zero-order valence-corrected chi connectivity index (χ0v) is 19.3. The number of aromatic nitrogens is 4. The molecule has 0 unspecified atom stereocenters. The Morgan fingerprint density at radius 2 is 1.97 bits per heavy atom. The summed E-state index contributed by atoms with van der Waals surface area (Å²) in [7, 11) is 4.09. The zero-order chi connectivity index (χ0) is 22.0. The molecular formula is C23H28N6O2S. The van der Waals surface area contributed by atoms with E-state index in [0.717, 1.165) is 67.0 Å². The van der Waals surface area contributed by atoms with E-state index in [1.807, 2.05) is 38.6 Å². The lowest BCUT2D eigenvalue weighted by molar-refractivity contribution is -0.0880. The minimum absolute atomic E-state index is 0.198. The molecule has 0 bridgehead atoms. The van der Waals surface area contributed by atoms with Gasteiger partial charge in [0.25, 0.3) is 0 Å². The maximum atomic E-state index is 6.07. The SMILES string of the molecule is CN(C)Cc1ccc(Nc2ncc(-c3ccnc(OC4CC5(CCOCC5)C4)n3)s2)nc1. The number of rotatable bonds is 7. The summed E-state index contributed by atoms with van der Waals surface area (Å²) >= 11 is 1.53. The van der Waals surface area contributed by atoms with Crippen molar-refractivity contribution in [3.8, 4) is 16.6 Å². The van der Waals surface area contributed by atoms with E-state index in [2.05, 4.69) is 36.2 Å². The predicted octanol–water partition coefficient (Wildman–Crippen LogP) is 4.14. The lowest BCUT2D eigenvalue weighted by atomic mass is 9.62. The highest BCUT2D eigenvalue weighted by Crippen LogP contribution is 2.49. The van der Waals surface area contributed by atoms with Crippen LogP contribution in [0.25, 0.3) is 10.6 Å². The van der Waals surface area contributed by atoms with Gasteiger partial charge in [-0.2, -0.15) is 4.98 Å². The largest absolute Gasteiger partial charge is 0.460 e. The molecular weight excluding hydrogens is 424 g/mol. The molecule has 3 aromatic heterocycles. The molecule has 2 fully saturated rings. The normalized spacial score (nSPS) is 18.0. The number of hydrogen-bond acceptors (Lipinski definition) is 9. The molecule has 32 heavy (non-hydrogen) atoms. The van der Waals surface area contributed by atoms with Crippen LogP contribution in [-0.4, -0.2) is 58.2 Å². The van der Waals surface area contributed by atoms with Crippen LogP contribution < -0.4 is 10.1 Å². The van der Waals surface area contributed by atoms with Crippen LogP contribution in [0.2, 0.25) is 0 Å². The van der Waals surface area contributed by atoms with Crippen molar-refractivity contribution < 1.29 is 9.47 Å². The molecule has 0 radical (unpaired) electrons. The topological polar surface area (TPSA) is 85.3 Å². The number of pyridine rings is 1. The standard InChI is InChI=1S/C23H28N6O2S/c1-29(2)15-16-3-4-20(25-13-16)28-22-26-14-19(32-22)18-5-8-24-21(27-18)31-17-11-23(12-17)6-9-30-10-7-23/h3-5,8,13-14,17H,6-7,9-12,15H2,1-2H3,(H,25,26,28). The van der Waals surface area contributed by atoms with Gasteiger partial charge in [0, 0.05) is 38.3 Å². The van der Waals surface area contributed by atoms with Gasteiger partial charge in [-0.15, -0.1) is 0 Å². The molecule has 1 spiro atoms. The van der Waals surface area contributed by atoms with Gasteiger partial charge in [-0.1, -0.05) is 17.4 Å². The fraction of sp³-hybridized carbons (Fsp3) is 0.478. The van der Waals surface area contributed by atoms with Crippen molar-refractivity contribution in [2.45, 2.75) is 38.3 Å². The van der Waals surface area contributed by atoms with Gasteiger partial charge in [0.1, 0.15) is 11.9 Å². The molecule has 4 heterocycles. The molecule has 0 amide bonds. The van der Waals surface area contributed by atoms with Crippen LogP contribution >= 0.6 is 11.3 Å². The second-order valence-corrected chi connectivity index (χ2v) is 9.96. The molecule has 3 aromatic rings. The van der Waals surface area contributed by atoms with Crippen LogP contribution in [0.15, 0.2) is 36.8 Å². The molecule has 1 aliphatic heterocycles. The molecule has 0 aromatic carbocycles. The van der Waals surface area contributed by atoms with Crippen molar-refractivity contribution in [1.29, 1.82) is 0 Å². The van der Waals surface area contributed by atoms with Crippen molar-refractivity contribution in [1.82, 2.24) is 24.8 Å². The van der Waals surface area contributed by atoms with Gasteiger partial charge in [-0.05, 0) is 62.9 Å². The Hall–Kier alpha value is -2.62. The summed E-state index contributed by atoms with van der Waals surface area (Å²) in [6, 6.07) is 6.37. The van der Waals surface area contributed by atoms with E-state index < -0.39 is 0 Å². The number of nitrogens with one attached hydrogen (secondary N) is 1. The monoisotopic (exact) mass is 452 g/mol. The van der Waals surface area contributed by atoms with Crippen LogP contribution in [0.1, 0.15) is 31.2 Å². The van der Waals surface area contributed by atoms with Crippen molar-refractivity contribution in [3.63, 3.8) is 0 Å². The minimum Gasteiger partial charge on any atom is -0.460 e. The number of anilines is 2. The van der Waals surface area contributed by atoms with Crippen LogP contribution in [0.4, 0.5) is 10.9 Å². The smallest absolute Gasteiger partial charge is 0.317 e. The first-order chi connectivity index (χ1) is 15.6.